The fourth-order valence-electron chi connectivity index (χ4n) is 4.66. The van der Waals surface area contributed by atoms with Crippen molar-refractivity contribution < 1.29 is 23.4 Å². The van der Waals surface area contributed by atoms with Gasteiger partial charge in [-0.2, -0.15) is 0 Å². The van der Waals surface area contributed by atoms with Crippen molar-refractivity contribution in [2.75, 3.05) is 13.1 Å². The number of likely N-dealkylation sites (tertiary alicyclic amines) is 1. The van der Waals surface area contributed by atoms with Gasteiger partial charge in [-0.05, 0) is 62.3 Å². The number of hydrogen-bond acceptors (Lipinski definition) is 5. The number of ether oxygens (including phenoxy) is 1. The van der Waals surface area contributed by atoms with Crippen LogP contribution < -0.4 is 4.74 Å². The second-order valence-corrected chi connectivity index (χ2v) is 9.04. The maximum absolute atomic E-state index is 13.9. The standard InChI is InChI=1S/C27H26F2N4O3/c1-32-24-14-18(27(34)35)8-9-23(24)30-25(32)15-33-12-10-17(11-13-33)22-6-3-7-26(31-22)36-16-19-20(28)4-2-5-21(19)29/h2-9,14,17H,10-13,15-16H2,1H3,(H,34,35). The Morgan fingerprint density at radius 2 is 1.78 bits per heavy atom. The summed E-state index contributed by atoms with van der Waals surface area (Å²) < 4.78 is 35.3. The maximum atomic E-state index is 13.9. The summed E-state index contributed by atoms with van der Waals surface area (Å²) in [4.78, 5) is 22.9. The van der Waals surface area contributed by atoms with Gasteiger partial charge in [-0.3, -0.25) is 4.90 Å². The van der Waals surface area contributed by atoms with Gasteiger partial charge in [0, 0.05) is 24.7 Å². The number of aromatic carboxylic acids is 1. The zero-order valence-electron chi connectivity index (χ0n) is 19.8. The molecule has 0 bridgehead atoms. The lowest BCUT2D eigenvalue weighted by Crippen LogP contribution is -2.33. The van der Waals surface area contributed by atoms with Gasteiger partial charge in [0.2, 0.25) is 5.88 Å². The molecule has 0 aliphatic carbocycles. The van der Waals surface area contributed by atoms with E-state index in [1.54, 1.807) is 24.3 Å². The average molecular weight is 493 g/mol. The Labute approximate surface area is 207 Å². The summed E-state index contributed by atoms with van der Waals surface area (Å²) in [5.41, 5.74) is 2.62. The lowest BCUT2D eigenvalue weighted by Gasteiger charge is -2.31. The number of benzene rings is 2. The van der Waals surface area contributed by atoms with Gasteiger partial charge in [0.15, 0.2) is 0 Å². The van der Waals surface area contributed by atoms with Gasteiger partial charge < -0.3 is 14.4 Å². The molecule has 0 spiro atoms. The number of hydrogen-bond donors (Lipinski definition) is 1. The third-order valence-corrected chi connectivity index (χ3v) is 6.76. The molecule has 9 heteroatoms. The minimum absolute atomic E-state index is 0.112. The number of aryl methyl sites for hydroxylation is 1. The highest BCUT2D eigenvalue weighted by Gasteiger charge is 2.23. The van der Waals surface area contributed by atoms with Crippen molar-refractivity contribution in [1.29, 1.82) is 0 Å². The van der Waals surface area contributed by atoms with Crippen molar-refractivity contribution in [2.24, 2.45) is 7.05 Å². The van der Waals surface area contributed by atoms with Gasteiger partial charge in [-0.15, -0.1) is 0 Å². The van der Waals surface area contributed by atoms with Crippen LogP contribution in [0.25, 0.3) is 11.0 Å². The van der Waals surface area contributed by atoms with Crippen LogP contribution in [0.15, 0.2) is 54.6 Å². The highest BCUT2D eigenvalue weighted by Crippen LogP contribution is 2.29. The topological polar surface area (TPSA) is 80.5 Å². The van der Waals surface area contributed by atoms with E-state index in [9.17, 15) is 18.7 Å². The first-order valence-electron chi connectivity index (χ1n) is 11.8. The predicted molar refractivity (Wildman–Crippen MR) is 130 cm³/mol. The van der Waals surface area contributed by atoms with E-state index in [0.717, 1.165) is 48.5 Å². The number of carboxylic acids is 1. The summed E-state index contributed by atoms with van der Waals surface area (Å²) in [5, 5.41) is 9.26. The van der Waals surface area contributed by atoms with Crippen LogP contribution in [-0.2, 0) is 20.2 Å². The van der Waals surface area contributed by atoms with Crippen LogP contribution in [0.3, 0.4) is 0 Å². The molecule has 0 unspecified atom stereocenters. The number of pyridine rings is 1. The lowest BCUT2D eigenvalue weighted by molar-refractivity contribution is 0.0697. The highest BCUT2D eigenvalue weighted by molar-refractivity contribution is 5.92. The lowest BCUT2D eigenvalue weighted by atomic mass is 9.93. The fourth-order valence-corrected chi connectivity index (χ4v) is 4.66. The van der Waals surface area contributed by atoms with Crippen LogP contribution in [0.5, 0.6) is 5.88 Å². The molecule has 0 atom stereocenters. The Kier molecular flexibility index (Phi) is 6.65. The number of aromatic nitrogens is 3. The second kappa shape index (κ2) is 10.0. The Hall–Kier alpha value is -3.85. The fraction of sp³-hybridized carbons (Fsp3) is 0.296. The van der Waals surface area contributed by atoms with Crippen molar-refractivity contribution in [3.05, 3.63) is 88.9 Å². The van der Waals surface area contributed by atoms with E-state index in [2.05, 4.69) is 9.88 Å². The quantitative estimate of drug-likeness (QED) is 0.395. The summed E-state index contributed by atoms with van der Waals surface area (Å²) in [7, 11) is 1.91. The van der Waals surface area contributed by atoms with Crippen molar-refractivity contribution in [3.8, 4) is 5.88 Å². The summed E-state index contributed by atoms with van der Waals surface area (Å²) >= 11 is 0. The van der Waals surface area contributed by atoms with Crippen LogP contribution >= 0.6 is 0 Å². The third-order valence-electron chi connectivity index (χ3n) is 6.76. The Morgan fingerprint density at radius 3 is 2.50 bits per heavy atom. The first-order valence-corrected chi connectivity index (χ1v) is 11.8. The van der Waals surface area contributed by atoms with Crippen LogP contribution in [0.4, 0.5) is 8.78 Å². The molecular weight excluding hydrogens is 466 g/mol. The zero-order chi connectivity index (χ0) is 25.2. The van der Waals surface area contributed by atoms with Crippen molar-refractivity contribution in [1.82, 2.24) is 19.4 Å². The largest absolute Gasteiger partial charge is 0.478 e. The molecule has 0 radical (unpaired) electrons. The summed E-state index contributed by atoms with van der Waals surface area (Å²) in [6, 6.07) is 14.2. The molecule has 3 heterocycles. The number of imidazole rings is 1. The number of carboxylic acid groups (broad SMARTS) is 1. The average Bonchev–Trinajstić information content (AvgIpc) is 3.18. The van der Waals surface area contributed by atoms with Crippen molar-refractivity contribution >= 4 is 17.0 Å². The molecule has 0 saturated carbocycles. The van der Waals surface area contributed by atoms with Crippen molar-refractivity contribution in [3.63, 3.8) is 0 Å². The van der Waals surface area contributed by atoms with Crippen LogP contribution in [0.1, 0.15) is 46.2 Å². The minimum atomic E-state index is -0.954. The van der Waals surface area contributed by atoms with E-state index in [1.807, 2.05) is 23.7 Å². The molecule has 1 N–H and O–H groups in total. The maximum Gasteiger partial charge on any atom is 0.335 e. The van der Waals surface area contributed by atoms with E-state index in [-0.39, 0.29) is 23.7 Å². The predicted octanol–water partition coefficient (Wildman–Crippen LogP) is 4.90. The molecule has 1 aliphatic heterocycles. The molecular formula is C27H26F2N4O3. The number of halogens is 2. The number of piperidine rings is 1. The SMILES string of the molecule is Cn1c(CN2CCC(c3cccc(OCc4c(F)cccc4F)n3)CC2)nc2ccc(C(=O)O)cc21. The second-order valence-electron chi connectivity index (χ2n) is 9.04. The van der Waals surface area contributed by atoms with Crippen LogP contribution in [0.2, 0.25) is 0 Å². The van der Waals surface area contributed by atoms with Gasteiger partial charge in [0.05, 0.1) is 28.7 Å². The molecule has 2 aromatic carbocycles. The smallest absolute Gasteiger partial charge is 0.335 e. The minimum Gasteiger partial charge on any atom is -0.478 e. The van der Waals surface area contributed by atoms with Crippen LogP contribution in [0, 0.1) is 11.6 Å². The normalized spacial score (nSPS) is 14.9. The van der Waals surface area contributed by atoms with E-state index in [0.29, 0.717) is 12.4 Å². The molecule has 1 fully saturated rings. The summed E-state index contributed by atoms with van der Waals surface area (Å²) in [6.07, 6.45) is 1.82. The van der Waals surface area contributed by atoms with Crippen molar-refractivity contribution in [2.45, 2.75) is 31.9 Å². The number of rotatable bonds is 7. The summed E-state index contributed by atoms with van der Waals surface area (Å²) in [6.45, 7) is 2.17. The van der Waals surface area contributed by atoms with Crippen LogP contribution in [-0.4, -0.2) is 43.6 Å². The molecule has 2 aromatic heterocycles. The van der Waals surface area contributed by atoms with Gasteiger partial charge >= 0.3 is 5.97 Å². The van der Waals surface area contributed by atoms with Gasteiger partial charge in [0.1, 0.15) is 24.1 Å². The molecule has 4 aromatic rings. The number of fused-ring (bicyclic) bond motifs is 1. The number of nitrogens with zero attached hydrogens (tertiary/aromatic N) is 4. The molecule has 7 nitrogen and oxygen atoms in total. The first kappa shape index (κ1) is 23.9. The Morgan fingerprint density at radius 1 is 1.06 bits per heavy atom. The monoisotopic (exact) mass is 492 g/mol. The Balaban J connectivity index is 1.20. The molecule has 36 heavy (non-hydrogen) atoms. The van der Waals surface area contributed by atoms with E-state index >= 15 is 0 Å². The van der Waals surface area contributed by atoms with E-state index in [4.69, 9.17) is 9.72 Å². The molecule has 0 amide bonds. The zero-order valence-corrected chi connectivity index (χ0v) is 19.8. The van der Waals surface area contributed by atoms with E-state index in [1.165, 1.54) is 18.2 Å². The third kappa shape index (κ3) is 4.92. The summed E-state index contributed by atoms with van der Waals surface area (Å²) in [5.74, 6) is -0.737. The first-order chi connectivity index (χ1) is 17.4. The van der Waals surface area contributed by atoms with Gasteiger partial charge in [0.25, 0.3) is 0 Å². The van der Waals surface area contributed by atoms with Gasteiger partial charge in [-0.1, -0.05) is 12.1 Å². The number of carbonyl (C=O) groups is 1. The Bertz CT molecular complexity index is 1390. The molecule has 186 valence electrons. The molecule has 5 rings (SSSR count). The van der Waals surface area contributed by atoms with Gasteiger partial charge in [-0.25, -0.2) is 23.5 Å². The highest BCUT2D eigenvalue weighted by atomic mass is 19.1. The van der Waals surface area contributed by atoms with E-state index < -0.39 is 17.6 Å². The molecule has 1 aliphatic rings. The molecule has 1 saturated heterocycles.